The summed E-state index contributed by atoms with van der Waals surface area (Å²) in [6.45, 7) is 2.87. The number of carbonyl (C=O) groups excluding carboxylic acids is 1. The van der Waals surface area contributed by atoms with E-state index in [0.29, 0.717) is 34.5 Å². The van der Waals surface area contributed by atoms with E-state index in [9.17, 15) is 4.79 Å². The summed E-state index contributed by atoms with van der Waals surface area (Å²) in [6, 6.07) is 11.7. The van der Waals surface area contributed by atoms with Crippen molar-refractivity contribution in [1.82, 2.24) is 20.2 Å². The molecular weight excluding hydrogens is 412 g/mol. The van der Waals surface area contributed by atoms with Crippen LogP contribution in [0.2, 0.25) is 5.02 Å². The maximum Gasteiger partial charge on any atom is 0.254 e. The fraction of sp³-hybridized carbons (Fsp3) is 0.292. The molecule has 0 atom stereocenters. The quantitative estimate of drug-likeness (QED) is 0.665. The Kier molecular flexibility index (Phi) is 4.26. The number of carbonyl (C=O) groups is 1. The predicted octanol–water partition coefficient (Wildman–Crippen LogP) is 4.30. The number of nitrogens with one attached hydrogen (secondary N) is 1. The van der Waals surface area contributed by atoms with Gasteiger partial charge in [-0.2, -0.15) is 0 Å². The molecule has 1 aromatic carbocycles. The average Bonchev–Trinajstić information content (AvgIpc) is 3.02. The van der Waals surface area contributed by atoms with Crippen molar-refractivity contribution in [2.24, 2.45) is 5.41 Å². The number of hydrogen-bond donors (Lipinski definition) is 1. The molecule has 0 radical (unpaired) electrons. The van der Waals surface area contributed by atoms with Crippen LogP contribution in [0.25, 0.3) is 11.3 Å². The van der Waals surface area contributed by atoms with Gasteiger partial charge in [0.2, 0.25) is 0 Å². The third-order valence-corrected chi connectivity index (χ3v) is 6.86. The summed E-state index contributed by atoms with van der Waals surface area (Å²) in [7, 11) is 0. The van der Waals surface area contributed by atoms with Crippen molar-refractivity contribution in [2.45, 2.75) is 25.4 Å². The molecule has 2 aliphatic heterocycles. The molecule has 1 saturated heterocycles. The van der Waals surface area contributed by atoms with Gasteiger partial charge in [0, 0.05) is 61.3 Å². The molecule has 0 unspecified atom stereocenters. The third-order valence-electron chi connectivity index (χ3n) is 6.66. The van der Waals surface area contributed by atoms with E-state index in [4.69, 9.17) is 16.3 Å². The van der Waals surface area contributed by atoms with Crippen LogP contribution in [0.4, 0.5) is 0 Å². The number of ether oxygens (including phenoxy) is 1. The van der Waals surface area contributed by atoms with Gasteiger partial charge in [-0.05, 0) is 42.0 Å². The summed E-state index contributed by atoms with van der Waals surface area (Å²) >= 11 is 5.99. The summed E-state index contributed by atoms with van der Waals surface area (Å²) in [5, 5.41) is 3.88. The smallest absolute Gasteiger partial charge is 0.254 e. The van der Waals surface area contributed by atoms with E-state index in [1.807, 2.05) is 18.2 Å². The third kappa shape index (κ3) is 3.27. The highest BCUT2D eigenvalue weighted by Gasteiger charge is 2.52. The average molecular weight is 433 g/mol. The van der Waals surface area contributed by atoms with Crippen LogP contribution < -0.4 is 10.1 Å². The maximum atomic E-state index is 12.9. The lowest BCUT2D eigenvalue weighted by Gasteiger charge is -2.56. The molecule has 2 fully saturated rings. The topological polar surface area (TPSA) is 67.3 Å². The fourth-order valence-corrected chi connectivity index (χ4v) is 5.11. The minimum Gasteiger partial charge on any atom is -0.456 e. The van der Waals surface area contributed by atoms with E-state index in [-0.39, 0.29) is 5.91 Å². The van der Waals surface area contributed by atoms with Crippen LogP contribution in [-0.4, -0.2) is 39.9 Å². The SMILES string of the molecule is O=C1c2ccc(-c3cc(Oc4cncc(Cl)c4)ccn3)cc2CN1C1CC2(CNC2)C1. The summed E-state index contributed by atoms with van der Waals surface area (Å²) in [4.78, 5) is 23.5. The zero-order valence-corrected chi connectivity index (χ0v) is 17.6. The molecule has 4 heterocycles. The van der Waals surface area contributed by atoms with Crippen molar-refractivity contribution < 1.29 is 9.53 Å². The lowest BCUT2D eigenvalue weighted by Crippen LogP contribution is -2.65. The van der Waals surface area contributed by atoms with Crippen molar-refractivity contribution >= 4 is 17.5 Å². The molecule has 1 aliphatic carbocycles. The van der Waals surface area contributed by atoms with Gasteiger partial charge in [0.15, 0.2) is 0 Å². The Bertz CT molecular complexity index is 1190. The van der Waals surface area contributed by atoms with Gasteiger partial charge < -0.3 is 15.0 Å². The second-order valence-corrected chi connectivity index (χ2v) is 9.22. The zero-order valence-electron chi connectivity index (χ0n) is 16.8. The first-order valence-electron chi connectivity index (χ1n) is 10.5. The number of halogens is 1. The number of pyridine rings is 2. The van der Waals surface area contributed by atoms with Gasteiger partial charge in [-0.1, -0.05) is 17.7 Å². The molecule has 31 heavy (non-hydrogen) atoms. The van der Waals surface area contributed by atoms with Gasteiger partial charge in [0.1, 0.15) is 11.5 Å². The number of rotatable bonds is 4. The van der Waals surface area contributed by atoms with Crippen LogP contribution in [0.3, 0.4) is 0 Å². The minimum absolute atomic E-state index is 0.159. The predicted molar refractivity (Wildman–Crippen MR) is 117 cm³/mol. The highest BCUT2D eigenvalue weighted by molar-refractivity contribution is 6.30. The first kappa shape index (κ1) is 18.8. The first-order chi connectivity index (χ1) is 15.1. The molecule has 6 rings (SSSR count). The summed E-state index contributed by atoms with van der Waals surface area (Å²) < 4.78 is 5.88. The molecular formula is C24H21ClN4O2. The Morgan fingerprint density at radius 2 is 1.97 bits per heavy atom. The van der Waals surface area contributed by atoms with Crippen molar-refractivity contribution in [1.29, 1.82) is 0 Å². The number of fused-ring (bicyclic) bond motifs is 1. The Morgan fingerprint density at radius 1 is 1.10 bits per heavy atom. The van der Waals surface area contributed by atoms with Crippen LogP contribution >= 0.6 is 11.6 Å². The van der Waals surface area contributed by atoms with Crippen molar-refractivity contribution in [3.05, 3.63) is 71.1 Å². The highest BCUT2D eigenvalue weighted by Crippen LogP contribution is 2.48. The van der Waals surface area contributed by atoms with Gasteiger partial charge in [-0.15, -0.1) is 0 Å². The number of hydrogen-bond acceptors (Lipinski definition) is 5. The van der Waals surface area contributed by atoms with Gasteiger partial charge in [-0.25, -0.2) is 0 Å². The van der Waals surface area contributed by atoms with Crippen LogP contribution in [0.15, 0.2) is 55.0 Å². The van der Waals surface area contributed by atoms with E-state index in [1.54, 1.807) is 30.7 Å². The molecule has 3 aromatic rings. The molecule has 0 bridgehead atoms. The molecule has 2 aromatic heterocycles. The lowest BCUT2D eigenvalue weighted by molar-refractivity contribution is -0.0268. The van der Waals surface area contributed by atoms with Crippen molar-refractivity contribution in [3.8, 4) is 22.8 Å². The number of benzene rings is 1. The summed E-state index contributed by atoms with van der Waals surface area (Å²) in [6.07, 6.45) is 7.13. The van der Waals surface area contributed by atoms with Crippen LogP contribution in [0.1, 0.15) is 28.8 Å². The first-order valence-corrected chi connectivity index (χ1v) is 10.9. The minimum atomic E-state index is 0.159. The van der Waals surface area contributed by atoms with E-state index >= 15 is 0 Å². The Hall–Kier alpha value is -2.96. The summed E-state index contributed by atoms with van der Waals surface area (Å²) in [5.41, 5.74) is 4.10. The van der Waals surface area contributed by atoms with Crippen LogP contribution in [-0.2, 0) is 6.54 Å². The molecule has 6 nitrogen and oxygen atoms in total. The largest absolute Gasteiger partial charge is 0.456 e. The molecule has 1 amide bonds. The molecule has 1 N–H and O–H groups in total. The highest BCUT2D eigenvalue weighted by atomic mass is 35.5. The summed E-state index contributed by atoms with van der Waals surface area (Å²) in [5.74, 6) is 1.38. The fourth-order valence-electron chi connectivity index (χ4n) is 4.94. The van der Waals surface area contributed by atoms with Gasteiger partial charge in [0.25, 0.3) is 5.91 Å². The van der Waals surface area contributed by atoms with Crippen LogP contribution in [0.5, 0.6) is 11.5 Å². The standard InChI is InChI=1S/C24H21ClN4O2/c25-17-6-20(11-26-10-17)31-19-3-4-28-22(7-19)15-1-2-21-16(5-15)12-29(23(21)30)18-8-24(9-18)13-27-14-24/h1-7,10-11,18,27H,8-9,12-14H2. The van der Waals surface area contributed by atoms with Gasteiger partial charge in [-0.3, -0.25) is 14.8 Å². The monoisotopic (exact) mass is 432 g/mol. The number of nitrogens with zero attached hydrogens (tertiary/aromatic N) is 3. The number of aromatic nitrogens is 2. The van der Waals surface area contributed by atoms with E-state index in [2.05, 4.69) is 26.3 Å². The van der Waals surface area contributed by atoms with E-state index < -0.39 is 0 Å². The molecule has 7 heteroatoms. The molecule has 1 spiro atoms. The Labute approximate surface area is 185 Å². The Morgan fingerprint density at radius 3 is 2.74 bits per heavy atom. The van der Waals surface area contributed by atoms with Gasteiger partial charge in [0.05, 0.1) is 16.9 Å². The lowest BCUT2D eigenvalue weighted by atomic mass is 9.61. The second-order valence-electron chi connectivity index (χ2n) is 8.79. The molecule has 1 saturated carbocycles. The molecule has 156 valence electrons. The normalized spacial score (nSPS) is 19.1. The zero-order chi connectivity index (χ0) is 21.0. The Balaban J connectivity index is 1.22. The van der Waals surface area contributed by atoms with E-state index in [0.717, 1.165) is 48.3 Å². The van der Waals surface area contributed by atoms with Gasteiger partial charge >= 0.3 is 0 Å². The van der Waals surface area contributed by atoms with Crippen LogP contribution in [0, 0.1) is 5.41 Å². The van der Waals surface area contributed by atoms with Crippen molar-refractivity contribution in [3.63, 3.8) is 0 Å². The second kappa shape index (κ2) is 7.04. The maximum absolute atomic E-state index is 12.9. The number of amides is 1. The van der Waals surface area contributed by atoms with Crippen molar-refractivity contribution in [2.75, 3.05) is 13.1 Å². The van der Waals surface area contributed by atoms with E-state index in [1.165, 1.54) is 0 Å². The molecule has 3 aliphatic rings.